The molecule has 0 radical (unpaired) electrons. The lowest BCUT2D eigenvalue weighted by molar-refractivity contribution is 0.102. The van der Waals surface area contributed by atoms with Gasteiger partial charge in [0.15, 0.2) is 0 Å². The smallest absolute Gasteiger partial charge is 0.274 e. The quantitative estimate of drug-likeness (QED) is 0.889. The van der Waals surface area contributed by atoms with Crippen molar-refractivity contribution in [2.24, 2.45) is 0 Å². The molecule has 0 atom stereocenters. The highest BCUT2D eigenvalue weighted by Crippen LogP contribution is 2.21. The molecule has 0 bridgehead atoms. The molecular weight excluding hydrogens is 300 g/mol. The number of hydrogen-bond donors (Lipinski definition) is 2. The number of aromatic nitrogens is 2. The van der Waals surface area contributed by atoms with Crippen molar-refractivity contribution in [1.29, 1.82) is 0 Å². The Balaban J connectivity index is 1.73. The van der Waals surface area contributed by atoms with Crippen LogP contribution in [0.1, 0.15) is 54.0 Å². The van der Waals surface area contributed by atoms with Gasteiger partial charge >= 0.3 is 0 Å². The Hall–Kier alpha value is -2.43. The first-order valence-corrected chi connectivity index (χ1v) is 8.60. The van der Waals surface area contributed by atoms with E-state index in [2.05, 4.69) is 20.6 Å². The number of amides is 1. The summed E-state index contributed by atoms with van der Waals surface area (Å²) in [7, 11) is 0. The van der Waals surface area contributed by atoms with Crippen LogP contribution in [0.3, 0.4) is 0 Å². The number of anilines is 2. The molecule has 1 aromatic heterocycles. The van der Waals surface area contributed by atoms with Gasteiger partial charge in [-0.15, -0.1) is 0 Å². The van der Waals surface area contributed by atoms with Gasteiger partial charge in [0.1, 0.15) is 17.3 Å². The summed E-state index contributed by atoms with van der Waals surface area (Å²) in [4.78, 5) is 21.2. The molecule has 1 aliphatic rings. The van der Waals surface area contributed by atoms with Gasteiger partial charge in [-0.2, -0.15) is 0 Å². The normalized spacial score (nSPS) is 15.1. The third kappa shape index (κ3) is 4.31. The van der Waals surface area contributed by atoms with Gasteiger partial charge in [-0.1, -0.05) is 31.4 Å². The molecule has 0 spiro atoms. The minimum atomic E-state index is -0.210. The number of aryl methyl sites for hydroxylation is 2. The average Bonchev–Trinajstić information content (AvgIpc) is 2.55. The van der Waals surface area contributed by atoms with E-state index < -0.39 is 0 Å². The minimum Gasteiger partial charge on any atom is -0.367 e. The number of nitrogens with one attached hydrogen (secondary N) is 2. The molecule has 0 unspecified atom stereocenters. The van der Waals surface area contributed by atoms with Crippen molar-refractivity contribution in [3.8, 4) is 0 Å². The predicted molar refractivity (Wildman–Crippen MR) is 96.4 cm³/mol. The second kappa shape index (κ2) is 7.43. The fourth-order valence-electron chi connectivity index (χ4n) is 3.13. The van der Waals surface area contributed by atoms with E-state index in [-0.39, 0.29) is 5.91 Å². The minimum absolute atomic E-state index is 0.210. The molecule has 1 aromatic carbocycles. The fraction of sp³-hybridized carbons (Fsp3) is 0.421. The van der Waals surface area contributed by atoms with Crippen LogP contribution in [0.25, 0.3) is 0 Å². The highest BCUT2D eigenvalue weighted by molar-refractivity contribution is 6.03. The van der Waals surface area contributed by atoms with E-state index in [0.717, 1.165) is 29.9 Å². The van der Waals surface area contributed by atoms with Crippen LogP contribution in [-0.2, 0) is 0 Å². The second-order valence-electron chi connectivity index (χ2n) is 6.49. The maximum atomic E-state index is 12.5. The molecule has 1 amide bonds. The highest BCUT2D eigenvalue weighted by Gasteiger charge is 2.16. The first-order chi connectivity index (χ1) is 11.6. The zero-order chi connectivity index (χ0) is 16.9. The molecule has 5 nitrogen and oxygen atoms in total. The lowest BCUT2D eigenvalue weighted by Crippen LogP contribution is -2.24. The Morgan fingerprint density at radius 3 is 2.62 bits per heavy atom. The van der Waals surface area contributed by atoms with Crippen LogP contribution in [0.4, 0.5) is 11.5 Å². The molecule has 0 saturated heterocycles. The monoisotopic (exact) mass is 324 g/mol. The van der Waals surface area contributed by atoms with Crippen molar-refractivity contribution in [3.63, 3.8) is 0 Å². The maximum Gasteiger partial charge on any atom is 0.274 e. The number of carbonyl (C=O) groups excluding carboxylic acids is 1. The molecule has 0 aliphatic heterocycles. The molecular formula is C19H24N4O. The van der Waals surface area contributed by atoms with Gasteiger partial charge in [-0.25, -0.2) is 9.97 Å². The van der Waals surface area contributed by atoms with Crippen LogP contribution in [-0.4, -0.2) is 21.9 Å². The molecule has 1 fully saturated rings. The summed E-state index contributed by atoms with van der Waals surface area (Å²) < 4.78 is 0. The van der Waals surface area contributed by atoms with Gasteiger partial charge in [0.25, 0.3) is 5.91 Å². The lowest BCUT2D eigenvalue weighted by Gasteiger charge is -2.23. The van der Waals surface area contributed by atoms with E-state index in [1.807, 2.05) is 38.1 Å². The first-order valence-electron chi connectivity index (χ1n) is 8.60. The number of rotatable bonds is 4. The van der Waals surface area contributed by atoms with Crippen molar-refractivity contribution in [1.82, 2.24) is 9.97 Å². The third-order valence-electron chi connectivity index (χ3n) is 4.30. The summed E-state index contributed by atoms with van der Waals surface area (Å²) in [6.07, 6.45) is 6.14. The van der Waals surface area contributed by atoms with Crippen molar-refractivity contribution in [2.75, 3.05) is 10.6 Å². The molecule has 3 rings (SSSR count). The van der Waals surface area contributed by atoms with E-state index in [1.54, 1.807) is 6.07 Å². The molecule has 2 aromatic rings. The Kier molecular flexibility index (Phi) is 5.08. The standard InChI is InChI=1S/C19H24N4O/c1-13-7-6-10-16(11-13)23-19(24)17-12-18(21-14(2)20-17)22-15-8-4-3-5-9-15/h6-7,10-12,15H,3-5,8-9H2,1-2H3,(H,23,24)(H,20,21,22). The van der Waals surface area contributed by atoms with Gasteiger partial charge in [0.05, 0.1) is 0 Å². The summed E-state index contributed by atoms with van der Waals surface area (Å²) in [5.41, 5.74) is 2.27. The third-order valence-corrected chi connectivity index (χ3v) is 4.30. The van der Waals surface area contributed by atoms with Gasteiger partial charge in [-0.05, 0) is 44.4 Å². The summed E-state index contributed by atoms with van der Waals surface area (Å²) in [6.45, 7) is 3.81. The van der Waals surface area contributed by atoms with E-state index >= 15 is 0 Å². The number of benzene rings is 1. The van der Waals surface area contributed by atoms with Gasteiger partial charge in [0, 0.05) is 17.8 Å². The van der Waals surface area contributed by atoms with E-state index in [9.17, 15) is 4.79 Å². The van der Waals surface area contributed by atoms with Gasteiger partial charge in [-0.3, -0.25) is 4.79 Å². The van der Waals surface area contributed by atoms with Crippen LogP contribution in [0, 0.1) is 13.8 Å². The van der Waals surface area contributed by atoms with Gasteiger partial charge in [0.2, 0.25) is 0 Å². The first kappa shape index (κ1) is 16.4. The van der Waals surface area contributed by atoms with Crippen molar-refractivity contribution >= 4 is 17.4 Å². The summed E-state index contributed by atoms with van der Waals surface area (Å²) in [6, 6.07) is 9.92. The van der Waals surface area contributed by atoms with Crippen molar-refractivity contribution in [2.45, 2.75) is 52.0 Å². The van der Waals surface area contributed by atoms with Crippen LogP contribution >= 0.6 is 0 Å². The summed E-state index contributed by atoms with van der Waals surface area (Å²) in [5, 5.41) is 6.36. The molecule has 2 N–H and O–H groups in total. The lowest BCUT2D eigenvalue weighted by atomic mass is 9.95. The van der Waals surface area contributed by atoms with Crippen LogP contribution in [0.15, 0.2) is 30.3 Å². The Bertz CT molecular complexity index is 723. The predicted octanol–water partition coefficient (Wildman–Crippen LogP) is 4.09. The number of hydrogen-bond acceptors (Lipinski definition) is 4. The summed E-state index contributed by atoms with van der Waals surface area (Å²) >= 11 is 0. The topological polar surface area (TPSA) is 66.9 Å². The maximum absolute atomic E-state index is 12.5. The zero-order valence-corrected chi connectivity index (χ0v) is 14.3. The molecule has 126 valence electrons. The number of nitrogens with zero attached hydrogens (tertiary/aromatic N) is 2. The summed E-state index contributed by atoms with van der Waals surface area (Å²) in [5.74, 6) is 1.13. The van der Waals surface area contributed by atoms with Crippen molar-refractivity contribution in [3.05, 3.63) is 47.4 Å². The molecule has 5 heteroatoms. The van der Waals surface area contributed by atoms with Crippen LogP contribution < -0.4 is 10.6 Å². The second-order valence-corrected chi connectivity index (χ2v) is 6.49. The molecule has 1 heterocycles. The van der Waals surface area contributed by atoms with E-state index in [4.69, 9.17) is 0 Å². The van der Waals surface area contributed by atoms with Gasteiger partial charge < -0.3 is 10.6 Å². The molecule has 24 heavy (non-hydrogen) atoms. The van der Waals surface area contributed by atoms with Crippen LogP contribution in [0.5, 0.6) is 0 Å². The van der Waals surface area contributed by atoms with E-state index in [0.29, 0.717) is 17.6 Å². The van der Waals surface area contributed by atoms with Crippen molar-refractivity contribution < 1.29 is 4.79 Å². The molecule has 1 saturated carbocycles. The Morgan fingerprint density at radius 2 is 1.88 bits per heavy atom. The van der Waals surface area contributed by atoms with Crippen LogP contribution in [0.2, 0.25) is 0 Å². The highest BCUT2D eigenvalue weighted by atomic mass is 16.1. The Morgan fingerprint density at radius 1 is 1.08 bits per heavy atom. The number of carbonyl (C=O) groups is 1. The largest absolute Gasteiger partial charge is 0.367 e. The average molecular weight is 324 g/mol. The zero-order valence-electron chi connectivity index (χ0n) is 14.3. The fourth-order valence-corrected chi connectivity index (χ4v) is 3.13. The molecule has 1 aliphatic carbocycles. The SMILES string of the molecule is Cc1cccc(NC(=O)c2cc(NC3CCCCC3)nc(C)n2)c1. The Labute approximate surface area is 142 Å². The van der Waals surface area contributed by atoms with E-state index in [1.165, 1.54) is 19.3 Å².